The Labute approximate surface area is 162 Å². The predicted molar refractivity (Wildman–Crippen MR) is 106 cm³/mol. The summed E-state index contributed by atoms with van der Waals surface area (Å²) in [5.41, 5.74) is 1.27. The molecular weight excluding hydrogens is 427 g/mol. The van der Waals surface area contributed by atoms with Crippen molar-refractivity contribution >= 4 is 28.5 Å². The Morgan fingerprint density at radius 1 is 1.00 bits per heavy atom. The predicted octanol–water partition coefficient (Wildman–Crippen LogP) is 4.38. The van der Waals surface area contributed by atoms with Crippen LogP contribution in [-0.2, 0) is 0 Å². The maximum atomic E-state index is 12.5. The molecule has 1 amide bonds. The second-order valence-corrected chi connectivity index (χ2v) is 7.61. The summed E-state index contributed by atoms with van der Waals surface area (Å²) in [5.74, 6) is 0.544. The third-order valence-corrected chi connectivity index (χ3v) is 5.17. The van der Waals surface area contributed by atoms with Gasteiger partial charge in [0, 0.05) is 24.0 Å². The Kier molecular flexibility index (Phi) is 6.72. The summed E-state index contributed by atoms with van der Waals surface area (Å²) in [7, 11) is 0. The van der Waals surface area contributed by atoms with Crippen LogP contribution in [-0.4, -0.2) is 26.9 Å². The molecule has 0 saturated heterocycles. The second kappa shape index (κ2) is 9.22. The van der Waals surface area contributed by atoms with E-state index >= 15 is 0 Å². The van der Waals surface area contributed by atoms with Crippen molar-refractivity contribution < 1.29 is 4.79 Å². The van der Waals surface area contributed by atoms with Crippen molar-refractivity contribution in [2.45, 2.75) is 57.4 Å². The lowest BCUT2D eigenvalue weighted by atomic mass is 10.0. The third-order valence-electron chi connectivity index (χ3n) is 4.57. The first-order valence-electron chi connectivity index (χ1n) is 8.98. The molecule has 1 N–H and O–H groups in total. The van der Waals surface area contributed by atoms with Crippen molar-refractivity contribution in [3.8, 4) is 11.4 Å². The molecule has 1 fully saturated rings. The second-order valence-electron chi connectivity index (χ2n) is 6.50. The van der Waals surface area contributed by atoms with Crippen molar-refractivity contribution in [3.05, 3.63) is 40.0 Å². The van der Waals surface area contributed by atoms with Crippen LogP contribution in [0.5, 0.6) is 0 Å². The number of hydrogen-bond acceptors (Lipinski definition) is 4. The van der Waals surface area contributed by atoms with Crippen LogP contribution < -0.4 is 5.32 Å². The number of pyridine rings is 1. The van der Waals surface area contributed by atoms with E-state index in [4.69, 9.17) is 0 Å². The fourth-order valence-corrected chi connectivity index (χ4v) is 3.56. The van der Waals surface area contributed by atoms with E-state index in [0.29, 0.717) is 11.5 Å². The number of carbonyl (C=O) groups is 1. The average Bonchev–Trinajstić information content (AvgIpc) is 2.76. The van der Waals surface area contributed by atoms with Gasteiger partial charge in [-0.3, -0.25) is 9.78 Å². The molecule has 2 aromatic rings. The highest BCUT2D eigenvalue weighted by Crippen LogP contribution is 2.18. The van der Waals surface area contributed by atoms with Crippen LogP contribution in [0.1, 0.15) is 61.9 Å². The molecule has 0 aromatic carbocycles. The Morgan fingerprint density at radius 3 is 2.36 bits per heavy atom. The van der Waals surface area contributed by atoms with E-state index in [1.165, 1.54) is 38.5 Å². The first-order valence-corrected chi connectivity index (χ1v) is 10.1. The van der Waals surface area contributed by atoms with Gasteiger partial charge in [-0.25, -0.2) is 9.97 Å². The topological polar surface area (TPSA) is 67.8 Å². The Balaban J connectivity index is 1.63. The fourth-order valence-electron chi connectivity index (χ4n) is 3.17. The minimum atomic E-state index is -0.0839. The van der Waals surface area contributed by atoms with E-state index < -0.39 is 0 Å². The van der Waals surface area contributed by atoms with Crippen LogP contribution in [0.4, 0.5) is 0 Å². The van der Waals surface area contributed by atoms with Gasteiger partial charge < -0.3 is 5.32 Å². The molecular formula is C19H23IN4O. The molecule has 2 heterocycles. The summed E-state index contributed by atoms with van der Waals surface area (Å²) in [6.07, 6.45) is 13.1. The van der Waals surface area contributed by atoms with E-state index in [1.54, 1.807) is 18.5 Å². The largest absolute Gasteiger partial charge is 0.348 e. The quantitative estimate of drug-likeness (QED) is 0.557. The van der Waals surface area contributed by atoms with Gasteiger partial charge in [0.15, 0.2) is 5.82 Å². The lowest BCUT2D eigenvalue weighted by Gasteiger charge is -2.17. The van der Waals surface area contributed by atoms with Gasteiger partial charge in [-0.2, -0.15) is 0 Å². The van der Waals surface area contributed by atoms with E-state index in [1.807, 2.05) is 12.1 Å². The van der Waals surface area contributed by atoms with Crippen molar-refractivity contribution in [3.63, 3.8) is 0 Å². The van der Waals surface area contributed by atoms with Crippen LogP contribution in [0, 0.1) is 3.70 Å². The summed E-state index contributed by atoms with van der Waals surface area (Å²) in [6.45, 7) is 0. The molecule has 132 valence electrons. The number of rotatable bonds is 3. The maximum absolute atomic E-state index is 12.5. The first kappa shape index (κ1) is 18.2. The summed E-state index contributed by atoms with van der Waals surface area (Å²) >= 11 is 2.15. The highest BCUT2D eigenvalue weighted by atomic mass is 127. The molecule has 0 radical (unpaired) electrons. The smallest absolute Gasteiger partial charge is 0.270 e. The molecule has 2 aromatic heterocycles. The summed E-state index contributed by atoms with van der Waals surface area (Å²) < 4.78 is 0.879. The minimum Gasteiger partial charge on any atom is -0.348 e. The summed E-state index contributed by atoms with van der Waals surface area (Å²) in [4.78, 5) is 25.4. The lowest BCUT2D eigenvalue weighted by Crippen LogP contribution is -2.35. The highest BCUT2D eigenvalue weighted by molar-refractivity contribution is 14.1. The Hall–Kier alpha value is -1.57. The van der Waals surface area contributed by atoms with E-state index in [-0.39, 0.29) is 11.9 Å². The van der Waals surface area contributed by atoms with Crippen LogP contribution in [0.3, 0.4) is 0 Å². The van der Waals surface area contributed by atoms with E-state index in [9.17, 15) is 4.79 Å². The zero-order chi connectivity index (χ0) is 17.5. The van der Waals surface area contributed by atoms with Gasteiger partial charge in [0.2, 0.25) is 0 Å². The van der Waals surface area contributed by atoms with Crippen LogP contribution in [0.25, 0.3) is 11.4 Å². The number of carbonyl (C=O) groups excluding carboxylic acids is 1. The van der Waals surface area contributed by atoms with Crippen LogP contribution in [0.2, 0.25) is 0 Å². The normalized spacial score (nSPS) is 16.5. The van der Waals surface area contributed by atoms with E-state index in [2.05, 4.69) is 42.9 Å². The van der Waals surface area contributed by atoms with Gasteiger partial charge in [-0.05, 0) is 53.6 Å². The van der Waals surface area contributed by atoms with Crippen LogP contribution in [0.15, 0.2) is 30.6 Å². The minimum absolute atomic E-state index is 0.0839. The molecule has 25 heavy (non-hydrogen) atoms. The van der Waals surface area contributed by atoms with Gasteiger partial charge in [0.1, 0.15) is 9.39 Å². The Morgan fingerprint density at radius 2 is 1.72 bits per heavy atom. The lowest BCUT2D eigenvalue weighted by molar-refractivity contribution is 0.0927. The van der Waals surface area contributed by atoms with Gasteiger partial charge in [0.25, 0.3) is 5.91 Å². The molecule has 0 atom stereocenters. The molecule has 5 nitrogen and oxygen atoms in total. The number of amides is 1. The standard InChI is InChI=1S/C19H23IN4O/c20-17-11-12-21-18(24-17)14-9-10-16(22-13-14)19(25)23-15-7-5-3-1-2-4-6-8-15/h9-13,15H,1-8H2,(H,23,25). The van der Waals surface area contributed by atoms with Crippen LogP contribution >= 0.6 is 22.6 Å². The van der Waals surface area contributed by atoms with Gasteiger partial charge in [0.05, 0.1) is 0 Å². The molecule has 0 unspecified atom stereocenters. The molecule has 6 heteroatoms. The van der Waals surface area contributed by atoms with Crippen molar-refractivity contribution in [1.29, 1.82) is 0 Å². The number of hydrogen-bond donors (Lipinski definition) is 1. The van der Waals surface area contributed by atoms with Gasteiger partial charge in [-0.15, -0.1) is 0 Å². The molecule has 0 spiro atoms. The fraction of sp³-hybridized carbons (Fsp3) is 0.474. The summed E-state index contributed by atoms with van der Waals surface area (Å²) in [6, 6.07) is 5.72. The van der Waals surface area contributed by atoms with Crippen molar-refractivity contribution in [1.82, 2.24) is 20.3 Å². The Bertz CT molecular complexity index is 695. The van der Waals surface area contributed by atoms with Gasteiger partial charge >= 0.3 is 0 Å². The zero-order valence-electron chi connectivity index (χ0n) is 14.2. The van der Waals surface area contributed by atoms with Crippen molar-refractivity contribution in [2.24, 2.45) is 0 Å². The number of nitrogens with one attached hydrogen (secondary N) is 1. The number of nitrogens with zero attached hydrogens (tertiary/aromatic N) is 3. The SMILES string of the molecule is O=C(NC1CCCCCCCC1)c1ccc(-c2nccc(I)n2)cn1. The number of halogens is 1. The molecule has 0 aliphatic heterocycles. The van der Waals surface area contributed by atoms with Gasteiger partial charge in [-0.1, -0.05) is 38.5 Å². The molecule has 1 saturated carbocycles. The zero-order valence-corrected chi connectivity index (χ0v) is 16.4. The van der Waals surface area contributed by atoms with Crippen molar-refractivity contribution in [2.75, 3.05) is 0 Å². The molecule has 1 aliphatic rings. The number of aromatic nitrogens is 3. The van der Waals surface area contributed by atoms with E-state index in [0.717, 1.165) is 22.1 Å². The highest BCUT2D eigenvalue weighted by Gasteiger charge is 2.16. The first-order chi connectivity index (χ1) is 12.2. The summed E-state index contributed by atoms with van der Waals surface area (Å²) in [5, 5.41) is 3.17. The average molecular weight is 450 g/mol. The maximum Gasteiger partial charge on any atom is 0.270 e. The monoisotopic (exact) mass is 450 g/mol. The third kappa shape index (κ3) is 5.45. The molecule has 3 rings (SSSR count). The molecule has 1 aliphatic carbocycles. The molecule has 0 bridgehead atoms.